The average Bonchev–Trinajstić information content (AvgIpc) is 3.13. The van der Waals surface area contributed by atoms with Gasteiger partial charge in [-0.3, -0.25) is 4.99 Å². The van der Waals surface area contributed by atoms with E-state index in [1.165, 1.54) is 4.70 Å². The lowest BCUT2D eigenvalue weighted by Crippen LogP contribution is -2.41. The van der Waals surface area contributed by atoms with E-state index < -0.39 is 6.10 Å². The van der Waals surface area contributed by atoms with E-state index in [4.69, 9.17) is 16.3 Å². The molecule has 0 bridgehead atoms. The number of fused-ring (bicyclic) bond motifs is 1. The molecule has 3 aromatic rings. The van der Waals surface area contributed by atoms with Crippen LogP contribution in [-0.2, 0) is 0 Å². The van der Waals surface area contributed by atoms with Gasteiger partial charge in [-0.2, -0.15) is 0 Å². The minimum absolute atomic E-state index is 0.367. The maximum atomic E-state index is 10.4. The van der Waals surface area contributed by atoms with Crippen molar-refractivity contribution in [3.05, 3.63) is 58.6 Å². The third-order valence-electron chi connectivity index (χ3n) is 3.80. The molecule has 0 aliphatic rings. The molecule has 3 N–H and O–H groups in total. The third kappa shape index (κ3) is 5.56. The topological polar surface area (TPSA) is 78.8 Å². The van der Waals surface area contributed by atoms with Crippen molar-refractivity contribution in [3.8, 4) is 5.88 Å². The number of aliphatic hydroxyl groups excluding tert-OH is 1. The van der Waals surface area contributed by atoms with Gasteiger partial charge in [0.15, 0.2) is 5.96 Å². The van der Waals surface area contributed by atoms with Gasteiger partial charge in [-0.25, -0.2) is 4.98 Å². The van der Waals surface area contributed by atoms with E-state index in [0.29, 0.717) is 36.6 Å². The number of aromatic nitrogens is 1. The number of rotatable bonds is 7. The highest BCUT2D eigenvalue weighted by molar-refractivity contribution is 7.19. The van der Waals surface area contributed by atoms with Crippen LogP contribution in [0.1, 0.15) is 11.0 Å². The minimum Gasteiger partial charge on any atom is -0.476 e. The average molecular weight is 405 g/mol. The maximum Gasteiger partial charge on any atom is 0.213 e. The summed E-state index contributed by atoms with van der Waals surface area (Å²) in [6.45, 7) is 1.34. The molecule has 8 heteroatoms. The fraction of sp³-hybridized carbons (Fsp3) is 0.263. The van der Waals surface area contributed by atoms with E-state index in [9.17, 15) is 5.11 Å². The molecular formula is C19H21ClN4O2S. The van der Waals surface area contributed by atoms with Gasteiger partial charge in [-0.15, -0.1) is 11.3 Å². The van der Waals surface area contributed by atoms with Crippen LogP contribution in [0.15, 0.2) is 53.7 Å². The Bertz CT molecular complexity index is 865. The van der Waals surface area contributed by atoms with Crippen molar-refractivity contribution in [3.63, 3.8) is 0 Å². The Morgan fingerprint density at radius 2 is 2.15 bits per heavy atom. The highest BCUT2D eigenvalue weighted by Gasteiger charge is 2.12. The zero-order chi connectivity index (χ0) is 19.1. The fourth-order valence-electron chi connectivity index (χ4n) is 2.45. The first-order valence-electron chi connectivity index (χ1n) is 8.51. The normalized spacial score (nSPS) is 12.8. The largest absolute Gasteiger partial charge is 0.476 e. The Balaban J connectivity index is 1.42. The smallest absolute Gasteiger partial charge is 0.213 e. The van der Waals surface area contributed by atoms with Crippen LogP contribution in [-0.4, -0.2) is 42.8 Å². The van der Waals surface area contributed by atoms with Gasteiger partial charge >= 0.3 is 0 Å². The number of thiophene rings is 1. The summed E-state index contributed by atoms with van der Waals surface area (Å²) in [7, 11) is 1.68. The summed E-state index contributed by atoms with van der Waals surface area (Å²) >= 11 is 7.38. The number of aliphatic imine (C=N–C) groups is 1. The summed E-state index contributed by atoms with van der Waals surface area (Å²) < 4.78 is 6.69. The zero-order valence-corrected chi connectivity index (χ0v) is 16.4. The SMILES string of the molecule is CN=C(NCCOc1ccc(Cl)cn1)NCC(O)c1cc2ccccc2s1. The molecule has 1 unspecified atom stereocenters. The molecule has 0 saturated heterocycles. The van der Waals surface area contributed by atoms with Crippen molar-refractivity contribution in [2.24, 2.45) is 4.99 Å². The lowest BCUT2D eigenvalue weighted by atomic mass is 10.2. The summed E-state index contributed by atoms with van der Waals surface area (Å²) in [6.07, 6.45) is 0.940. The standard InChI is InChI=1S/C19H21ClN4O2S/c1-21-19(22-8-9-26-18-7-6-14(20)11-23-18)24-12-15(25)17-10-13-4-2-3-5-16(13)27-17/h2-7,10-11,15,25H,8-9,12H2,1H3,(H2,21,22,24). The second-order valence-corrected chi connectivity index (χ2v) is 7.30. The number of ether oxygens (including phenoxy) is 1. The highest BCUT2D eigenvalue weighted by Crippen LogP contribution is 2.29. The Kier molecular flexibility index (Phi) is 6.86. The molecule has 0 saturated carbocycles. The van der Waals surface area contributed by atoms with Gasteiger partial charge in [-0.05, 0) is 23.6 Å². The second-order valence-electron chi connectivity index (χ2n) is 5.75. The first-order chi connectivity index (χ1) is 13.2. The zero-order valence-electron chi connectivity index (χ0n) is 14.9. The number of hydrogen-bond acceptors (Lipinski definition) is 5. The number of benzene rings is 1. The van der Waals surface area contributed by atoms with Crippen LogP contribution in [0.4, 0.5) is 0 Å². The van der Waals surface area contributed by atoms with Crippen LogP contribution in [0.5, 0.6) is 5.88 Å². The molecule has 2 aromatic heterocycles. The van der Waals surface area contributed by atoms with Crippen LogP contribution in [0.25, 0.3) is 10.1 Å². The fourth-order valence-corrected chi connectivity index (χ4v) is 3.62. The Hall–Kier alpha value is -2.35. The van der Waals surface area contributed by atoms with Crippen molar-refractivity contribution in [1.82, 2.24) is 15.6 Å². The maximum absolute atomic E-state index is 10.4. The lowest BCUT2D eigenvalue weighted by Gasteiger charge is -2.14. The molecule has 142 valence electrons. The molecule has 0 aliphatic heterocycles. The number of guanidine groups is 1. The molecule has 2 heterocycles. The van der Waals surface area contributed by atoms with Gasteiger partial charge < -0.3 is 20.5 Å². The van der Waals surface area contributed by atoms with E-state index in [1.54, 1.807) is 36.7 Å². The van der Waals surface area contributed by atoms with Gasteiger partial charge in [0.25, 0.3) is 0 Å². The lowest BCUT2D eigenvalue weighted by molar-refractivity contribution is 0.184. The van der Waals surface area contributed by atoms with Gasteiger partial charge in [0.2, 0.25) is 5.88 Å². The third-order valence-corrected chi connectivity index (χ3v) is 5.25. The molecule has 1 atom stereocenters. The summed E-state index contributed by atoms with van der Waals surface area (Å²) in [5.41, 5.74) is 0. The van der Waals surface area contributed by atoms with Crippen molar-refractivity contribution < 1.29 is 9.84 Å². The van der Waals surface area contributed by atoms with Crippen molar-refractivity contribution in [2.75, 3.05) is 26.7 Å². The molecule has 0 aliphatic carbocycles. The van der Waals surface area contributed by atoms with Crippen molar-refractivity contribution in [2.45, 2.75) is 6.10 Å². The van der Waals surface area contributed by atoms with Gasteiger partial charge in [0.05, 0.1) is 11.6 Å². The molecular weight excluding hydrogens is 384 g/mol. The van der Waals surface area contributed by atoms with Crippen LogP contribution < -0.4 is 15.4 Å². The van der Waals surface area contributed by atoms with Gasteiger partial charge in [0, 0.05) is 35.4 Å². The quantitative estimate of drug-likeness (QED) is 0.320. The molecule has 0 radical (unpaired) electrons. The molecule has 1 aromatic carbocycles. The number of hydrogen-bond donors (Lipinski definition) is 3. The molecule has 0 fully saturated rings. The monoisotopic (exact) mass is 404 g/mol. The number of aliphatic hydroxyl groups is 1. The van der Waals surface area contributed by atoms with E-state index in [-0.39, 0.29) is 0 Å². The van der Waals surface area contributed by atoms with Gasteiger partial charge in [-0.1, -0.05) is 29.8 Å². The van der Waals surface area contributed by atoms with Crippen LogP contribution in [0.3, 0.4) is 0 Å². The minimum atomic E-state index is -0.601. The summed E-state index contributed by atoms with van der Waals surface area (Å²) in [5, 5.41) is 18.4. The molecule has 6 nitrogen and oxygen atoms in total. The van der Waals surface area contributed by atoms with Crippen LogP contribution >= 0.6 is 22.9 Å². The van der Waals surface area contributed by atoms with E-state index in [2.05, 4.69) is 26.7 Å². The number of pyridine rings is 1. The number of halogens is 1. The summed E-state index contributed by atoms with van der Waals surface area (Å²) in [5.74, 6) is 1.12. The first-order valence-corrected chi connectivity index (χ1v) is 9.70. The number of nitrogens with zero attached hydrogens (tertiary/aromatic N) is 2. The highest BCUT2D eigenvalue weighted by atomic mass is 35.5. The molecule has 3 rings (SSSR count). The Morgan fingerprint density at radius 3 is 2.89 bits per heavy atom. The van der Waals surface area contributed by atoms with Crippen LogP contribution in [0, 0.1) is 0 Å². The van der Waals surface area contributed by atoms with E-state index in [0.717, 1.165) is 10.3 Å². The molecule has 0 amide bonds. The first kappa shape index (κ1) is 19.4. The van der Waals surface area contributed by atoms with E-state index >= 15 is 0 Å². The van der Waals surface area contributed by atoms with Crippen LogP contribution in [0.2, 0.25) is 5.02 Å². The number of nitrogens with one attached hydrogen (secondary N) is 2. The van der Waals surface area contributed by atoms with E-state index in [1.807, 2.05) is 24.3 Å². The Labute approximate surface area is 166 Å². The Morgan fingerprint density at radius 1 is 1.30 bits per heavy atom. The van der Waals surface area contributed by atoms with Crippen molar-refractivity contribution >= 4 is 39.0 Å². The summed E-state index contributed by atoms with van der Waals surface area (Å²) in [4.78, 5) is 9.14. The molecule has 27 heavy (non-hydrogen) atoms. The van der Waals surface area contributed by atoms with Gasteiger partial charge in [0.1, 0.15) is 12.7 Å². The summed E-state index contributed by atoms with van der Waals surface area (Å²) in [6, 6.07) is 13.6. The predicted molar refractivity (Wildman–Crippen MR) is 111 cm³/mol. The second kappa shape index (κ2) is 9.55. The molecule has 0 spiro atoms. The predicted octanol–water partition coefficient (Wildman–Crippen LogP) is 3.23. The van der Waals surface area contributed by atoms with Crippen molar-refractivity contribution in [1.29, 1.82) is 0 Å².